The van der Waals surface area contributed by atoms with E-state index in [0.29, 0.717) is 0 Å². The molecular weight excluding hydrogens is 345 g/mol. The molecule has 0 saturated carbocycles. The fraction of sp³-hybridized carbons (Fsp3) is 0.0769. The highest BCUT2D eigenvalue weighted by atomic mass is 127. The highest BCUT2D eigenvalue weighted by Crippen LogP contribution is 2.27. The lowest BCUT2D eigenvalue weighted by Crippen LogP contribution is -2.01. The van der Waals surface area contributed by atoms with E-state index >= 15 is 0 Å². The van der Waals surface area contributed by atoms with Crippen LogP contribution >= 0.6 is 41.1 Å². The maximum atomic E-state index is 2.78. The van der Waals surface area contributed by atoms with Gasteiger partial charge in [-0.3, -0.25) is 0 Å². The number of benzene rings is 2. The Hall–Kier alpha value is 0.0300. The Morgan fingerprint density at radius 1 is 0.938 bits per heavy atom. The Bertz CT molecular complexity index is 518. The van der Waals surface area contributed by atoms with Crippen LogP contribution < -0.4 is 10.6 Å². The van der Waals surface area contributed by atoms with Crippen molar-refractivity contribution in [3.63, 3.8) is 0 Å². The molecule has 0 bridgehead atoms. The Balaban J connectivity index is 2.57. The summed E-state index contributed by atoms with van der Waals surface area (Å²) in [5, 5.41) is 2.49. The van der Waals surface area contributed by atoms with Crippen molar-refractivity contribution in [2.24, 2.45) is 0 Å². The van der Waals surface area contributed by atoms with Crippen LogP contribution in [0.25, 0.3) is 11.1 Å². The zero-order valence-corrected chi connectivity index (χ0v) is 13.5. The van der Waals surface area contributed by atoms with Crippen molar-refractivity contribution in [1.82, 2.24) is 0 Å². The summed E-state index contributed by atoms with van der Waals surface area (Å²) in [5.41, 5.74) is 3.94. The average molecular weight is 358 g/mol. The van der Waals surface area contributed by atoms with E-state index in [-0.39, 0.29) is 0 Å². The van der Waals surface area contributed by atoms with E-state index in [0.717, 1.165) is 0 Å². The van der Waals surface area contributed by atoms with Crippen molar-refractivity contribution in [2.75, 3.05) is 0 Å². The van der Waals surface area contributed by atoms with E-state index in [1.165, 1.54) is 30.9 Å². The summed E-state index contributed by atoms with van der Waals surface area (Å²) in [6.07, 6.45) is 0. The third kappa shape index (κ3) is 2.47. The minimum absolute atomic E-state index is 1.22. The van der Waals surface area contributed by atoms with Crippen LogP contribution in [0.3, 0.4) is 0 Å². The third-order valence-electron chi connectivity index (χ3n) is 2.65. The predicted octanol–water partition coefficient (Wildman–Crippen LogP) is 3.27. The Morgan fingerprint density at radius 3 is 2.19 bits per heavy atom. The van der Waals surface area contributed by atoms with Crippen molar-refractivity contribution in [1.29, 1.82) is 0 Å². The molecule has 2 rings (SSSR count). The first kappa shape index (κ1) is 12.5. The van der Waals surface area contributed by atoms with Gasteiger partial charge in [0.1, 0.15) is 0 Å². The number of rotatable bonds is 1. The summed E-state index contributed by atoms with van der Waals surface area (Å²) in [5.74, 6) is 0. The van der Waals surface area contributed by atoms with Crippen LogP contribution in [0.15, 0.2) is 36.4 Å². The standard InChI is InChI=1S/C13H13IP2/c1-8-12(16)7-6-11(13(8)14)9-2-4-10(15)5-3-9/h2-7H,15-16H2,1H3. The highest BCUT2D eigenvalue weighted by molar-refractivity contribution is 14.1. The topological polar surface area (TPSA) is 0 Å². The van der Waals surface area contributed by atoms with Crippen LogP contribution in [0.4, 0.5) is 0 Å². The maximum absolute atomic E-state index is 2.78. The molecule has 0 fully saturated rings. The first-order valence-electron chi connectivity index (χ1n) is 5.00. The molecule has 2 aromatic carbocycles. The molecule has 0 aromatic heterocycles. The van der Waals surface area contributed by atoms with Crippen LogP contribution in [0.5, 0.6) is 0 Å². The molecule has 0 nitrogen and oxygen atoms in total. The Labute approximate surface area is 115 Å². The fourth-order valence-corrected chi connectivity index (χ4v) is 3.12. The first-order valence-corrected chi connectivity index (χ1v) is 7.23. The van der Waals surface area contributed by atoms with Crippen LogP contribution in [0.2, 0.25) is 0 Å². The summed E-state index contributed by atoms with van der Waals surface area (Å²) < 4.78 is 1.33. The second-order valence-electron chi connectivity index (χ2n) is 3.76. The summed E-state index contributed by atoms with van der Waals surface area (Å²) in [4.78, 5) is 0. The predicted molar refractivity (Wildman–Crippen MR) is 88.0 cm³/mol. The molecule has 2 aromatic rings. The first-order chi connectivity index (χ1) is 7.59. The van der Waals surface area contributed by atoms with Gasteiger partial charge in [0.25, 0.3) is 0 Å². The molecule has 82 valence electrons. The maximum Gasteiger partial charge on any atom is 0.0244 e. The second kappa shape index (κ2) is 5.12. The zero-order valence-electron chi connectivity index (χ0n) is 9.00. The van der Waals surface area contributed by atoms with Gasteiger partial charge in [-0.15, -0.1) is 18.5 Å². The largest absolute Gasteiger partial charge is 0.106 e. The molecule has 2 atom stereocenters. The minimum Gasteiger partial charge on any atom is -0.106 e. The molecule has 0 heterocycles. The fourth-order valence-electron chi connectivity index (χ4n) is 1.59. The average Bonchev–Trinajstić information content (AvgIpc) is 2.28. The van der Waals surface area contributed by atoms with Crippen LogP contribution in [0.1, 0.15) is 5.56 Å². The van der Waals surface area contributed by atoms with Gasteiger partial charge >= 0.3 is 0 Å². The monoisotopic (exact) mass is 358 g/mol. The van der Waals surface area contributed by atoms with Gasteiger partial charge < -0.3 is 0 Å². The van der Waals surface area contributed by atoms with E-state index in [9.17, 15) is 0 Å². The Kier molecular flexibility index (Phi) is 4.00. The van der Waals surface area contributed by atoms with Gasteiger partial charge in [0.05, 0.1) is 0 Å². The van der Waals surface area contributed by atoms with Crippen molar-refractivity contribution in [3.05, 3.63) is 45.5 Å². The van der Waals surface area contributed by atoms with Gasteiger partial charge in [-0.05, 0) is 56.8 Å². The van der Waals surface area contributed by atoms with E-state index in [1.807, 2.05) is 0 Å². The number of hydrogen-bond donors (Lipinski definition) is 0. The summed E-state index contributed by atoms with van der Waals surface area (Å²) in [6.45, 7) is 2.16. The van der Waals surface area contributed by atoms with Gasteiger partial charge in [-0.1, -0.05) is 36.4 Å². The minimum atomic E-state index is 1.22. The van der Waals surface area contributed by atoms with Gasteiger partial charge in [-0.25, -0.2) is 0 Å². The van der Waals surface area contributed by atoms with Crippen LogP contribution in [0, 0.1) is 10.5 Å². The van der Waals surface area contributed by atoms with Crippen molar-refractivity contribution < 1.29 is 0 Å². The molecule has 0 radical (unpaired) electrons. The summed E-state index contributed by atoms with van der Waals surface area (Å²) in [6, 6.07) is 12.9. The molecule has 0 aliphatic rings. The van der Waals surface area contributed by atoms with E-state index < -0.39 is 0 Å². The molecule has 16 heavy (non-hydrogen) atoms. The molecule has 3 heteroatoms. The van der Waals surface area contributed by atoms with E-state index in [4.69, 9.17) is 0 Å². The molecule has 0 saturated heterocycles. The van der Waals surface area contributed by atoms with Gasteiger partial charge in [0.15, 0.2) is 0 Å². The van der Waals surface area contributed by atoms with Gasteiger partial charge in [0.2, 0.25) is 0 Å². The highest BCUT2D eigenvalue weighted by Gasteiger charge is 2.06. The summed E-state index contributed by atoms with van der Waals surface area (Å²) >= 11 is 2.42. The van der Waals surface area contributed by atoms with Crippen molar-refractivity contribution in [3.8, 4) is 11.1 Å². The van der Waals surface area contributed by atoms with Gasteiger partial charge in [0, 0.05) is 3.57 Å². The smallest absolute Gasteiger partial charge is 0.0244 e. The second-order valence-corrected chi connectivity index (χ2v) is 6.13. The summed E-state index contributed by atoms with van der Waals surface area (Å²) in [7, 11) is 5.49. The lowest BCUT2D eigenvalue weighted by molar-refractivity contribution is 1.46. The van der Waals surface area contributed by atoms with Gasteiger partial charge in [-0.2, -0.15) is 0 Å². The normalized spacial score (nSPS) is 10.5. The lowest BCUT2D eigenvalue weighted by Gasteiger charge is -2.10. The molecule has 2 unspecified atom stereocenters. The third-order valence-corrected chi connectivity index (χ3v) is 5.05. The van der Waals surface area contributed by atoms with Crippen LogP contribution in [-0.4, -0.2) is 0 Å². The zero-order chi connectivity index (χ0) is 11.7. The molecule has 0 aliphatic carbocycles. The molecule has 0 spiro atoms. The molecule has 0 aliphatic heterocycles. The molecular formula is C13H13IP2. The quantitative estimate of drug-likeness (QED) is 0.542. The SMILES string of the molecule is Cc1c(P)ccc(-c2ccc(P)cc2)c1I. The van der Waals surface area contributed by atoms with Crippen LogP contribution in [-0.2, 0) is 0 Å². The van der Waals surface area contributed by atoms with Crippen molar-refractivity contribution in [2.45, 2.75) is 6.92 Å². The van der Waals surface area contributed by atoms with E-state index in [2.05, 4.69) is 84.4 Å². The molecule has 0 N–H and O–H groups in total. The number of hydrogen-bond acceptors (Lipinski definition) is 0. The number of halogens is 1. The van der Waals surface area contributed by atoms with Crippen molar-refractivity contribution >= 4 is 51.7 Å². The molecule has 0 amide bonds. The Morgan fingerprint density at radius 2 is 1.56 bits per heavy atom. The van der Waals surface area contributed by atoms with E-state index in [1.54, 1.807) is 0 Å². The lowest BCUT2D eigenvalue weighted by atomic mass is 10.0.